The lowest BCUT2D eigenvalue weighted by Gasteiger charge is -2.04. The lowest BCUT2D eigenvalue weighted by Crippen LogP contribution is -2.32. The molecule has 0 bridgehead atoms. The van der Waals surface area contributed by atoms with E-state index in [2.05, 4.69) is 4.98 Å². The molecule has 0 fully saturated rings. The third-order valence-corrected chi connectivity index (χ3v) is 2.66. The van der Waals surface area contributed by atoms with Gasteiger partial charge in [-0.15, -0.1) is 0 Å². The number of carboxylic acid groups (broad SMARTS) is 1. The summed E-state index contributed by atoms with van der Waals surface area (Å²) in [6, 6.07) is -0.832. The van der Waals surface area contributed by atoms with Gasteiger partial charge in [0, 0.05) is 25.2 Å². The summed E-state index contributed by atoms with van der Waals surface area (Å²) in [4.78, 5) is 14.4. The lowest BCUT2D eigenvalue weighted by molar-refractivity contribution is -0.137. The summed E-state index contributed by atoms with van der Waals surface area (Å²) in [6.07, 6.45) is 3.46. The molecule has 1 aromatic heterocycles. The number of nitrogens with zero attached hydrogens (tertiary/aromatic N) is 2. The topological polar surface area (TPSA) is 81.1 Å². The van der Waals surface area contributed by atoms with Gasteiger partial charge >= 0.3 is 5.97 Å². The highest BCUT2D eigenvalue weighted by Crippen LogP contribution is 2.14. The Morgan fingerprint density at radius 2 is 2.62 bits per heavy atom. The molecule has 0 spiro atoms. The van der Waals surface area contributed by atoms with E-state index in [-0.39, 0.29) is 0 Å². The molecule has 1 rings (SSSR count). The Bertz CT molecular complexity index is 300. The first-order chi connectivity index (χ1) is 6.11. The Morgan fingerprint density at radius 1 is 1.92 bits per heavy atom. The van der Waals surface area contributed by atoms with Crippen molar-refractivity contribution in [2.45, 2.75) is 11.2 Å². The van der Waals surface area contributed by atoms with Crippen molar-refractivity contribution in [2.75, 3.05) is 5.75 Å². The molecule has 0 saturated heterocycles. The summed E-state index contributed by atoms with van der Waals surface area (Å²) in [5.41, 5.74) is 5.33. The Balaban J connectivity index is 2.44. The molecule has 0 radical (unpaired) electrons. The van der Waals surface area contributed by atoms with Gasteiger partial charge < -0.3 is 15.4 Å². The fourth-order valence-electron chi connectivity index (χ4n) is 0.727. The Kier molecular flexibility index (Phi) is 3.32. The molecular formula is C7H11N3O2S. The molecule has 0 saturated carbocycles. The number of imidazole rings is 1. The van der Waals surface area contributed by atoms with Crippen LogP contribution in [0.4, 0.5) is 0 Å². The minimum atomic E-state index is -0.985. The number of rotatable bonds is 4. The van der Waals surface area contributed by atoms with Crippen LogP contribution in [0, 0.1) is 0 Å². The van der Waals surface area contributed by atoms with Crippen LogP contribution in [0.25, 0.3) is 0 Å². The number of aromatic nitrogens is 2. The SMILES string of the molecule is Cn1ccnc1SCC(N)C(=O)O. The van der Waals surface area contributed by atoms with Gasteiger partial charge in [-0.2, -0.15) is 0 Å². The number of carbonyl (C=O) groups is 1. The van der Waals surface area contributed by atoms with E-state index < -0.39 is 12.0 Å². The zero-order valence-electron chi connectivity index (χ0n) is 7.17. The molecule has 0 aliphatic carbocycles. The zero-order valence-corrected chi connectivity index (χ0v) is 7.99. The van der Waals surface area contributed by atoms with Crippen molar-refractivity contribution in [2.24, 2.45) is 12.8 Å². The van der Waals surface area contributed by atoms with Gasteiger partial charge in [-0.1, -0.05) is 11.8 Å². The van der Waals surface area contributed by atoms with E-state index in [1.54, 1.807) is 12.4 Å². The number of aliphatic carboxylic acids is 1. The number of hydrogen-bond acceptors (Lipinski definition) is 4. The molecule has 0 aliphatic rings. The summed E-state index contributed by atoms with van der Waals surface area (Å²) in [7, 11) is 1.85. The third-order valence-electron chi connectivity index (χ3n) is 1.49. The van der Waals surface area contributed by atoms with Crippen LogP contribution in [0.3, 0.4) is 0 Å². The predicted octanol–water partition coefficient (Wildman–Crippen LogP) is -0.0759. The number of nitrogens with two attached hydrogens (primary N) is 1. The minimum Gasteiger partial charge on any atom is -0.480 e. The largest absolute Gasteiger partial charge is 0.480 e. The van der Waals surface area contributed by atoms with Crippen LogP contribution in [-0.2, 0) is 11.8 Å². The van der Waals surface area contributed by atoms with E-state index in [0.29, 0.717) is 5.75 Å². The van der Waals surface area contributed by atoms with Crippen LogP contribution in [0.2, 0.25) is 0 Å². The van der Waals surface area contributed by atoms with Gasteiger partial charge in [0.05, 0.1) is 0 Å². The van der Waals surface area contributed by atoms with E-state index >= 15 is 0 Å². The van der Waals surface area contributed by atoms with Gasteiger partial charge in [-0.05, 0) is 0 Å². The maximum Gasteiger partial charge on any atom is 0.321 e. The summed E-state index contributed by atoms with van der Waals surface area (Å²) >= 11 is 1.34. The quantitative estimate of drug-likeness (QED) is 0.666. The third kappa shape index (κ3) is 2.74. The average Bonchev–Trinajstić information content (AvgIpc) is 2.47. The molecule has 0 aliphatic heterocycles. The molecule has 0 aromatic carbocycles. The first-order valence-corrected chi connectivity index (χ1v) is 4.68. The van der Waals surface area contributed by atoms with Crippen LogP contribution < -0.4 is 5.73 Å². The zero-order chi connectivity index (χ0) is 9.84. The monoisotopic (exact) mass is 201 g/mol. The van der Waals surface area contributed by atoms with Crippen molar-refractivity contribution >= 4 is 17.7 Å². The van der Waals surface area contributed by atoms with Gasteiger partial charge in [0.1, 0.15) is 6.04 Å². The van der Waals surface area contributed by atoms with Crippen LogP contribution in [0.1, 0.15) is 0 Å². The van der Waals surface area contributed by atoms with Gasteiger partial charge in [-0.25, -0.2) is 4.98 Å². The van der Waals surface area contributed by atoms with Crippen molar-refractivity contribution in [3.05, 3.63) is 12.4 Å². The number of thioether (sulfide) groups is 1. The smallest absolute Gasteiger partial charge is 0.321 e. The van der Waals surface area contributed by atoms with Crippen molar-refractivity contribution in [3.8, 4) is 0 Å². The van der Waals surface area contributed by atoms with Gasteiger partial charge in [0.15, 0.2) is 5.16 Å². The number of carboxylic acids is 1. The van der Waals surface area contributed by atoms with Crippen molar-refractivity contribution < 1.29 is 9.90 Å². The van der Waals surface area contributed by atoms with E-state index in [4.69, 9.17) is 10.8 Å². The average molecular weight is 201 g/mol. The van der Waals surface area contributed by atoms with Crippen molar-refractivity contribution in [3.63, 3.8) is 0 Å². The molecular weight excluding hydrogens is 190 g/mol. The molecule has 1 unspecified atom stereocenters. The van der Waals surface area contributed by atoms with E-state index in [0.717, 1.165) is 5.16 Å². The highest BCUT2D eigenvalue weighted by Gasteiger charge is 2.12. The second-order valence-corrected chi connectivity index (χ2v) is 3.56. The van der Waals surface area contributed by atoms with Gasteiger partial charge in [-0.3, -0.25) is 4.79 Å². The maximum absolute atomic E-state index is 10.4. The molecule has 1 aromatic rings. The molecule has 0 amide bonds. The summed E-state index contributed by atoms with van der Waals surface area (Å²) < 4.78 is 1.82. The normalized spacial score (nSPS) is 12.8. The second-order valence-electron chi connectivity index (χ2n) is 2.58. The standard InChI is InChI=1S/C7H11N3O2S/c1-10-3-2-9-7(10)13-4-5(8)6(11)12/h2-3,5H,4,8H2,1H3,(H,11,12). The summed E-state index contributed by atoms with van der Waals surface area (Å²) in [6.45, 7) is 0. The fraction of sp³-hybridized carbons (Fsp3) is 0.429. The lowest BCUT2D eigenvalue weighted by atomic mass is 10.4. The number of hydrogen-bond donors (Lipinski definition) is 2. The van der Waals surface area contributed by atoms with E-state index in [1.807, 2.05) is 11.6 Å². The molecule has 6 heteroatoms. The predicted molar refractivity (Wildman–Crippen MR) is 49.5 cm³/mol. The van der Waals surface area contributed by atoms with Crippen LogP contribution in [0.5, 0.6) is 0 Å². The van der Waals surface area contributed by atoms with E-state index in [1.165, 1.54) is 11.8 Å². The van der Waals surface area contributed by atoms with E-state index in [9.17, 15) is 4.79 Å². The molecule has 5 nitrogen and oxygen atoms in total. The summed E-state index contributed by atoms with van der Waals surface area (Å²) in [5.74, 6) is -0.651. The molecule has 1 heterocycles. The molecule has 13 heavy (non-hydrogen) atoms. The molecule has 72 valence electrons. The van der Waals surface area contributed by atoms with Crippen LogP contribution in [-0.4, -0.2) is 32.4 Å². The highest BCUT2D eigenvalue weighted by molar-refractivity contribution is 7.99. The highest BCUT2D eigenvalue weighted by atomic mass is 32.2. The first kappa shape index (κ1) is 10.1. The van der Waals surface area contributed by atoms with Gasteiger partial charge in [0.25, 0.3) is 0 Å². The second kappa shape index (κ2) is 4.29. The first-order valence-electron chi connectivity index (χ1n) is 3.69. The van der Waals surface area contributed by atoms with Crippen LogP contribution >= 0.6 is 11.8 Å². The number of aryl methyl sites for hydroxylation is 1. The Hall–Kier alpha value is -1.01. The van der Waals surface area contributed by atoms with Crippen LogP contribution in [0.15, 0.2) is 17.6 Å². The Labute approximate surface area is 79.9 Å². The van der Waals surface area contributed by atoms with Gasteiger partial charge in [0.2, 0.25) is 0 Å². The minimum absolute atomic E-state index is 0.334. The molecule has 3 N–H and O–H groups in total. The van der Waals surface area contributed by atoms with Crippen molar-refractivity contribution in [1.29, 1.82) is 0 Å². The van der Waals surface area contributed by atoms with Crippen molar-refractivity contribution in [1.82, 2.24) is 9.55 Å². The maximum atomic E-state index is 10.4. The Morgan fingerprint density at radius 3 is 3.08 bits per heavy atom. The molecule has 1 atom stereocenters. The summed E-state index contributed by atoms with van der Waals surface area (Å²) in [5, 5.41) is 9.29. The fourth-order valence-corrected chi connectivity index (χ4v) is 1.60.